The van der Waals surface area contributed by atoms with Gasteiger partial charge in [0.15, 0.2) is 0 Å². The van der Waals surface area contributed by atoms with E-state index in [1.54, 1.807) is 5.51 Å². The lowest BCUT2D eigenvalue weighted by Gasteiger charge is -2.35. The molecule has 0 bridgehead atoms. The summed E-state index contributed by atoms with van der Waals surface area (Å²) < 4.78 is 0. The van der Waals surface area contributed by atoms with Crippen LogP contribution < -0.4 is 10.6 Å². The van der Waals surface area contributed by atoms with E-state index in [1.165, 1.54) is 11.3 Å². The molecule has 1 unspecified atom stereocenters. The maximum absolute atomic E-state index is 12.8. The van der Waals surface area contributed by atoms with E-state index in [2.05, 4.69) is 30.5 Å². The average Bonchev–Trinajstić information content (AvgIpc) is 3.13. The molecule has 1 aromatic carbocycles. The van der Waals surface area contributed by atoms with Crippen molar-refractivity contribution in [1.29, 1.82) is 0 Å². The number of anilines is 1. The summed E-state index contributed by atoms with van der Waals surface area (Å²) in [5.74, 6) is 0.724. The number of aryl methyl sites for hydroxylation is 3. The van der Waals surface area contributed by atoms with Crippen molar-refractivity contribution in [3.05, 3.63) is 46.4 Å². The molecule has 1 aliphatic heterocycles. The summed E-state index contributed by atoms with van der Waals surface area (Å²) in [6.07, 6.45) is 0. The number of nitrogens with zero attached hydrogens (tertiary/aromatic N) is 4. The van der Waals surface area contributed by atoms with Crippen molar-refractivity contribution in [2.45, 2.75) is 26.8 Å². The minimum Gasteiger partial charge on any atom is -0.324 e. The molecular weight excluding hydrogens is 372 g/mol. The maximum atomic E-state index is 12.8. The Morgan fingerprint density at radius 3 is 2.86 bits per heavy atom. The first-order valence-electron chi connectivity index (χ1n) is 9.41. The number of benzene rings is 1. The van der Waals surface area contributed by atoms with Crippen molar-refractivity contribution in [3.63, 3.8) is 0 Å². The van der Waals surface area contributed by atoms with E-state index in [0.29, 0.717) is 6.54 Å². The number of rotatable bonds is 4. The van der Waals surface area contributed by atoms with E-state index >= 15 is 0 Å². The average molecular weight is 397 g/mol. The summed E-state index contributed by atoms with van der Waals surface area (Å²) in [4.78, 5) is 29.5. The number of hydrogen-bond acceptors (Lipinski definition) is 7. The summed E-state index contributed by atoms with van der Waals surface area (Å²) in [5, 5.41) is 6.52. The molecule has 7 nitrogen and oxygen atoms in total. The van der Waals surface area contributed by atoms with Gasteiger partial charge in [-0.25, -0.2) is 15.0 Å². The summed E-state index contributed by atoms with van der Waals surface area (Å²) in [6, 6.07) is 6.02. The fraction of sp³-hybridized carbons (Fsp3) is 0.400. The van der Waals surface area contributed by atoms with Gasteiger partial charge in [0.1, 0.15) is 16.2 Å². The normalized spacial score (nSPS) is 17.8. The molecular formula is C20H24N6OS. The number of fused-ring (bicyclic) bond motifs is 1. The largest absolute Gasteiger partial charge is 0.324 e. The first-order chi connectivity index (χ1) is 13.5. The SMILES string of the molecule is Cc1nc(C2CNCCN2CC(=O)Nc2c(C)cccc2C)c2ncsc2n1. The topological polar surface area (TPSA) is 83.0 Å². The quantitative estimate of drug-likeness (QED) is 0.705. The van der Waals surface area contributed by atoms with Gasteiger partial charge in [-0.1, -0.05) is 18.2 Å². The second-order valence-corrected chi connectivity index (χ2v) is 8.00. The van der Waals surface area contributed by atoms with Crippen LogP contribution in [0.15, 0.2) is 23.7 Å². The van der Waals surface area contributed by atoms with Gasteiger partial charge in [-0.15, -0.1) is 11.3 Å². The van der Waals surface area contributed by atoms with Gasteiger partial charge in [-0.2, -0.15) is 0 Å². The highest BCUT2D eigenvalue weighted by atomic mass is 32.1. The standard InChI is InChI=1S/C20H24N6OS/c1-12-5-4-6-13(2)17(12)25-16(27)10-26-8-7-21-9-15(26)18-19-20(28-11-22-19)24-14(3)23-18/h4-6,11,15,21H,7-10H2,1-3H3,(H,25,27). The van der Waals surface area contributed by atoms with Crippen LogP contribution in [-0.2, 0) is 4.79 Å². The Morgan fingerprint density at radius 2 is 2.07 bits per heavy atom. The van der Waals surface area contributed by atoms with Crippen molar-refractivity contribution < 1.29 is 4.79 Å². The number of hydrogen-bond donors (Lipinski definition) is 2. The highest BCUT2D eigenvalue weighted by Crippen LogP contribution is 2.28. The van der Waals surface area contributed by atoms with E-state index in [-0.39, 0.29) is 11.9 Å². The lowest BCUT2D eigenvalue weighted by molar-refractivity contribution is -0.118. The molecule has 146 valence electrons. The van der Waals surface area contributed by atoms with Gasteiger partial charge in [0.05, 0.1) is 23.8 Å². The van der Waals surface area contributed by atoms with Crippen molar-refractivity contribution in [1.82, 2.24) is 25.2 Å². The lowest BCUT2D eigenvalue weighted by Crippen LogP contribution is -2.49. The molecule has 1 saturated heterocycles. The van der Waals surface area contributed by atoms with Gasteiger partial charge in [-0.3, -0.25) is 9.69 Å². The zero-order valence-electron chi connectivity index (χ0n) is 16.3. The predicted molar refractivity (Wildman–Crippen MR) is 112 cm³/mol. The lowest BCUT2D eigenvalue weighted by atomic mass is 10.1. The molecule has 1 aliphatic rings. The minimum absolute atomic E-state index is 0.00963. The number of carbonyl (C=O) groups excluding carboxylic acids is 1. The van der Waals surface area contributed by atoms with Crippen LogP contribution in [0.4, 0.5) is 5.69 Å². The smallest absolute Gasteiger partial charge is 0.238 e. The first kappa shape index (κ1) is 18.9. The number of nitrogens with one attached hydrogen (secondary N) is 2. The molecule has 1 amide bonds. The molecule has 2 aromatic heterocycles. The molecule has 0 saturated carbocycles. The van der Waals surface area contributed by atoms with Crippen LogP contribution in [-0.4, -0.2) is 51.9 Å². The predicted octanol–water partition coefficient (Wildman–Crippen LogP) is 2.60. The molecule has 0 spiro atoms. The summed E-state index contributed by atoms with van der Waals surface area (Å²) in [6.45, 7) is 8.60. The van der Waals surface area contributed by atoms with Crippen LogP contribution in [0.3, 0.4) is 0 Å². The van der Waals surface area contributed by atoms with Crippen molar-refractivity contribution >= 4 is 33.3 Å². The Morgan fingerprint density at radius 1 is 1.29 bits per heavy atom. The van der Waals surface area contributed by atoms with Gasteiger partial charge in [-0.05, 0) is 31.9 Å². The van der Waals surface area contributed by atoms with E-state index in [9.17, 15) is 4.79 Å². The van der Waals surface area contributed by atoms with Gasteiger partial charge in [0, 0.05) is 25.3 Å². The van der Waals surface area contributed by atoms with E-state index < -0.39 is 0 Å². The highest BCUT2D eigenvalue weighted by molar-refractivity contribution is 7.16. The Labute approximate surface area is 168 Å². The number of piperazine rings is 1. The summed E-state index contributed by atoms with van der Waals surface area (Å²) >= 11 is 1.52. The van der Waals surface area contributed by atoms with Gasteiger partial charge in [0.2, 0.25) is 5.91 Å². The van der Waals surface area contributed by atoms with Crippen LogP contribution in [0.25, 0.3) is 10.3 Å². The Kier molecular flexibility index (Phi) is 5.34. The molecule has 2 N–H and O–H groups in total. The number of para-hydroxylation sites is 1. The molecule has 1 fully saturated rings. The molecule has 1 atom stereocenters. The van der Waals surface area contributed by atoms with Gasteiger partial charge < -0.3 is 10.6 Å². The zero-order chi connectivity index (χ0) is 19.7. The van der Waals surface area contributed by atoms with Crippen LogP contribution in [0.5, 0.6) is 0 Å². The first-order valence-corrected chi connectivity index (χ1v) is 10.3. The molecule has 8 heteroatoms. The van der Waals surface area contributed by atoms with E-state index in [1.807, 2.05) is 39.0 Å². The molecule has 3 aromatic rings. The van der Waals surface area contributed by atoms with Crippen LogP contribution in [0, 0.1) is 20.8 Å². The third-order valence-corrected chi connectivity index (χ3v) is 5.82. The number of thiazole rings is 1. The van der Waals surface area contributed by atoms with Crippen LogP contribution in [0.1, 0.15) is 28.7 Å². The molecule has 3 heterocycles. The molecule has 4 rings (SSSR count). The number of carbonyl (C=O) groups is 1. The molecule has 0 radical (unpaired) electrons. The Hall–Kier alpha value is -2.42. The molecule has 28 heavy (non-hydrogen) atoms. The summed E-state index contributed by atoms with van der Waals surface area (Å²) in [7, 11) is 0. The number of amides is 1. The van der Waals surface area contributed by atoms with Crippen molar-refractivity contribution in [2.24, 2.45) is 0 Å². The van der Waals surface area contributed by atoms with E-state index in [4.69, 9.17) is 0 Å². The Balaban J connectivity index is 1.57. The summed E-state index contributed by atoms with van der Waals surface area (Å²) in [5.41, 5.74) is 6.58. The van der Waals surface area contributed by atoms with Crippen molar-refractivity contribution in [2.75, 3.05) is 31.5 Å². The zero-order valence-corrected chi connectivity index (χ0v) is 17.1. The van der Waals surface area contributed by atoms with Crippen LogP contribution >= 0.6 is 11.3 Å². The minimum atomic E-state index is -0.0104. The monoisotopic (exact) mass is 396 g/mol. The van der Waals surface area contributed by atoms with Gasteiger partial charge in [0.25, 0.3) is 0 Å². The van der Waals surface area contributed by atoms with Crippen LogP contribution in [0.2, 0.25) is 0 Å². The fourth-order valence-electron chi connectivity index (χ4n) is 3.71. The third-order valence-electron chi connectivity index (χ3n) is 5.10. The Bertz CT molecular complexity index is 997. The van der Waals surface area contributed by atoms with Crippen molar-refractivity contribution in [3.8, 4) is 0 Å². The fourth-order valence-corrected chi connectivity index (χ4v) is 4.42. The highest BCUT2D eigenvalue weighted by Gasteiger charge is 2.29. The second-order valence-electron chi connectivity index (χ2n) is 7.17. The second kappa shape index (κ2) is 7.90. The third kappa shape index (κ3) is 3.76. The van der Waals surface area contributed by atoms with E-state index in [0.717, 1.165) is 58.3 Å². The maximum Gasteiger partial charge on any atom is 0.238 e. The number of aromatic nitrogens is 3. The van der Waals surface area contributed by atoms with Gasteiger partial charge >= 0.3 is 0 Å². The molecule has 0 aliphatic carbocycles.